The summed E-state index contributed by atoms with van der Waals surface area (Å²) in [6, 6.07) is 4.83. The number of aromatic nitrogens is 3. The Morgan fingerprint density at radius 3 is 2.52 bits per heavy atom. The fourth-order valence-electron chi connectivity index (χ4n) is 2.70. The van der Waals surface area contributed by atoms with Crippen LogP contribution in [0.1, 0.15) is 5.56 Å². The fourth-order valence-corrected chi connectivity index (χ4v) is 3.08. The quantitative estimate of drug-likeness (QED) is 0.788. The molecule has 0 aliphatic carbocycles. The molecule has 1 aromatic carbocycles. The molecule has 8 heteroatoms. The lowest BCUT2D eigenvalue weighted by molar-refractivity contribution is 0.0973. The lowest BCUT2D eigenvalue weighted by Crippen LogP contribution is -2.46. The number of aryl methyl sites for hydroxylation is 1. The predicted molar refractivity (Wildman–Crippen MR) is 90.3 cm³/mol. The summed E-state index contributed by atoms with van der Waals surface area (Å²) in [4.78, 5) is 4.51. The van der Waals surface area contributed by atoms with E-state index in [1.165, 1.54) is 6.07 Å². The van der Waals surface area contributed by atoms with Crippen molar-refractivity contribution in [2.45, 2.75) is 13.2 Å². The molecule has 1 aliphatic rings. The maximum Gasteiger partial charge on any atom is 0.198 e. The Kier molecular flexibility index (Phi) is 5.11. The summed E-state index contributed by atoms with van der Waals surface area (Å²) in [6.45, 7) is 4.75. The van der Waals surface area contributed by atoms with Gasteiger partial charge in [-0.1, -0.05) is 17.7 Å². The molecule has 2 aromatic rings. The molecule has 5 nitrogen and oxygen atoms in total. The van der Waals surface area contributed by atoms with Crippen LogP contribution in [0.5, 0.6) is 0 Å². The zero-order valence-electron chi connectivity index (χ0n) is 13.0. The molecule has 0 spiro atoms. The number of hydrogen-bond acceptors (Lipinski definition) is 4. The van der Waals surface area contributed by atoms with Crippen LogP contribution in [0, 0.1) is 10.6 Å². The van der Waals surface area contributed by atoms with E-state index in [2.05, 4.69) is 14.9 Å². The van der Waals surface area contributed by atoms with Gasteiger partial charge in [-0.05, 0) is 24.4 Å². The summed E-state index contributed by atoms with van der Waals surface area (Å²) in [5.74, 6) is -0.236. The molecule has 3 rings (SSSR count). The molecule has 1 fully saturated rings. The molecule has 124 valence electrons. The van der Waals surface area contributed by atoms with Crippen molar-refractivity contribution in [3.63, 3.8) is 0 Å². The Labute approximate surface area is 144 Å². The molecule has 2 heterocycles. The number of halogens is 2. The largest absolute Gasteiger partial charge is 0.310 e. The van der Waals surface area contributed by atoms with Crippen molar-refractivity contribution in [1.29, 1.82) is 0 Å². The van der Waals surface area contributed by atoms with E-state index in [1.54, 1.807) is 18.5 Å². The lowest BCUT2D eigenvalue weighted by Gasteiger charge is -2.34. The van der Waals surface area contributed by atoms with Gasteiger partial charge in [0.15, 0.2) is 4.77 Å². The first-order valence-corrected chi connectivity index (χ1v) is 8.29. The monoisotopic (exact) mass is 355 g/mol. The van der Waals surface area contributed by atoms with Gasteiger partial charge in [0.25, 0.3) is 0 Å². The van der Waals surface area contributed by atoms with Crippen molar-refractivity contribution in [3.05, 3.63) is 45.7 Å². The summed E-state index contributed by atoms with van der Waals surface area (Å²) in [5.41, 5.74) is 0.578. The van der Waals surface area contributed by atoms with Gasteiger partial charge in [-0.2, -0.15) is 5.10 Å². The molecule has 0 bridgehead atoms. The van der Waals surface area contributed by atoms with E-state index in [0.717, 1.165) is 26.2 Å². The number of nitrogens with zero attached hydrogens (tertiary/aromatic N) is 5. The van der Waals surface area contributed by atoms with Crippen molar-refractivity contribution in [3.8, 4) is 0 Å². The molecule has 0 unspecified atom stereocenters. The molecular formula is C15H19ClFN5S. The number of benzene rings is 1. The van der Waals surface area contributed by atoms with E-state index in [9.17, 15) is 4.39 Å². The van der Waals surface area contributed by atoms with Gasteiger partial charge < -0.3 is 4.57 Å². The van der Waals surface area contributed by atoms with Gasteiger partial charge in [0, 0.05) is 50.4 Å². The lowest BCUT2D eigenvalue weighted by atomic mass is 10.2. The van der Waals surface area contributed by atoms with Crippen molar-refractivity contribution in [2.75, 3.05) is 26.2 Å². The molecular weight excluding hydrogens is 337 g/mol. The molecule has 1 aliphatic heterocycles. The number of hydrogen-bond donors (Lipinski definition) is 0. The molecule has 0 radical (unpaired) electrons. The Balaban J connectivity index is 1.56. The second kappa shape index (κ2) is 7.09. The van der Waals surface area contributed by atoms with Crippen molar-refractivity contribution in [2.24, 2.45) is 7.05 Å². The smallest absolute Gasteiger partial charge is 0.198 e. The van der Waals surface area contributed by atoms with Gasteiger partial charge in [0.2, 0.25) is 0 Å². The summed E-state index contributed by atoms with van der Waals surface area (Å²) < 4.78 is 18.2. The topological polar surface area (TPSA) is 29.2 Å². The van der Waals surface area contributed by atoms with Gasteiger partial charge in [-0.25, -0.2) is 9.07 Å². The standard InChI is InChI=1S/C15H19ClFN5S/c1-19-10-18-22(15(19)23)11-21-7-5-20(6-8-21)9-12-13(16)3-2-4-14(12)17/h2-4,10H,5-9,11H2,1H3. The van der Waals surface area contributed by atoms with Gasteiger partial charge in [0.05, 0.1) is 6.67 Å². The SMILES string of the molecule is Cn1cnn(CN2CCN(Cc3c(F)cccc3Cl)CC2)c1=S. The van der Waals surface area contributed by atoms with E-state index >= 15 is 0 Å². The Morgan fingerprint density at radius 1 is 1.22 bits per heavy atom. The third kappa shape index (κ3) is 3.80. The highest BCUT2D eigenvalue weighted by Gasteiger charge is 2.19. The highest BCUT2D eigenvalue weighted by Crippen LogP contribution is 2.21. The molecule has 23 heavy (non-hydrogen) atoms. The van der Waals surface area contributed by atoms with E-state index in [1.807, 2.05) is 16.3 Å². The zero-order chi connectivity index (χ0) is 16.4. The summed E-state index contributed by atoms with van der Waals surface area (Å²) in [5, 5.41) is 4.77. The Morgan fingerprint density at radius 2 is 1.91 bits per heavy atom. The van der Waals surface area contributed by atoms with Crippen LogP contribution in [0.15, 0.2) is 24.5 Å². The molecule has 1 aromatic heterocycles. The normalized spacial score (nSPS) is 16.8. The second-order valence-electron chi connectivity index (χ2n) is 5.76. The predicted octanol–water partition coefficient (Wildman–Crippen LogP) is 2.52. The van der Waals surface area contributed by atoms with Crippen LogP contribution in [0.4, 0.5) is 4.39 Å². The summed E-state index contributed by atoms with van der Waals surface area (Å²) in [7, 11) is 1.89. The van der Waals surface area contributed by atoms with Crippen LogP contribution >= 0.6 is 23.8 Å². The zero-order valence-corrected chi connectivity index (χ0v) is 14.5. The van der Waals surface area contributed by atoms with Crippen LogP contribution in [0.25, 0.3) is 0 Å². The van der Waals surface area contributed by atoms with Crippen LogP contribution in [0.2, 0.25) is 5.02 Å². The molecule has 0 N–H and O–H groups in total. The minimum Gasteiger partial charge on any atom is -0.310 e. The van der Waals surface area contributed by atoms with Gasteiger partial charge in [0.1, 0.15) is 12.1 Å². The van der Waals surface area contributed by atoms with Gasteiger partial charge >= 0.3 is 0 Å². The highest BCUT2D eigenvalue weighted by atomic mass is 35.5. The number of rotatable bonds is 4. The minimum absolute atomic E-state index is 0.236. The van der Waals surface area contributed by atoms with Crippen LogP contribution in [-0.2, 0) is 20.3 Å². The van der Waals surface area contributed by atoms with E-state index in [4.69, 9.17) is 23.8 Å². The molecule has 0 amide bonds. The average molecular weight is 356 g/mol. The van der Waals surface area contributed by atoms with Crippen LogP contribution in [-0.4, -0.2) is 50.3 Å². The molecule has 0 atom stereocenters. The summed E-state index contributed by atoms with van der Waals surface area (Å²) >= 11 is 11.4. The van der Waals surface area contributed by atoms with E-state index < -0.39 is 0 Å². The Hall–Kier alpha value is -1.28. The second-order valence-corrected chi connectivity index (χ2v) is 6.53. The average Bonchev–Trinajstić information content (AvgIpc) is 2.85. The van der Waals surface area contributed by atoms with Gasteiger partial charge in [-0.3, -0.25) is 9.80 Å². The summed E-state index contributed by atoms with van der Waals surface area (Å²) in [6.07, 6.45) is 1.72. The Bertz CT molecular complexity index is 715. The maximum absolute atomic E-state index is 13.9. The molecule has 0 saturated carbocycles. The van der Waals surface area contributed by atoms with Crippen molar-refractivity contribution in [1.82, 2.24) is 24.1 Å². The fraction of sp³-hybridized carbons (Fsp3) is 0.467. The van der Waals surface area contributed by atoms with E-state index in [0.29, 0.717) is 28.6 Å². The third-order valence-corrected chi connectivity index (χ3v) is 4.98. The number of piperazine rings is 1. The maximum atomic E-state index is 13.9. The first kappa shape index (κ1) is 16.6. The van der Waals surface area contributed by atoms with Crippen molar-refractivity contribution >= 4 is 23.8 Å². The van der Waals surface area contributed by atoms with Crippen LogP contribution in [0.3, 0.4) is 0 Å². The highest BCUT2D eigenvalue weighted by molar-refractivity contribution is 7.71. The van der Waals surface area contributed by atoms with Crippen LogP contribution < -0.4 is 0 Å². The molecule has 1 saturated heterocycles. The first-order valence-electron chi connectivity index (χ1n) is 7.50. The van der Waals surface area contributed by atoms with E-state index in [-0.39, 0.29) is 5.82 Å². The minimum atomic E-state index is -0.236. The van der Waals surface area contributed by atoms with Gasteiger partial charge in [-0.15, -0.1) is 0 Å². The first-order chi connectivity index (χ1) is 11.0. The van der Waals surface area contributed by atoms with Crippen molar-refractivity contribution < 1.29 is 4.39 Å². The third-order valence-electron chi connectivity index (χ3n) is 4.13.